The number of carbonyl (C=O) groups is 1. The maximum Gasteiger partial charge on any atom is 0.262 e. The summed E-state index contributed by atoms with van der Waals surface area (Å²) in [6.07, 6.45) is 0. The molecule has 166 valence electrons. The van der Waals surface area contributed by atoms with Gasteiger partial charge in [-0.2, -0.15) is 0 Å². The minimum absolute atomic E-state index is 0.0701. The highest BCUT2D eigenvalue weighted by Gasteiger charge is 2.34. The number of aryl methyl sites for hydroxylation is 4. The number of amides is 1. The lowest BCUT2D eigenvalue weighted by Gasteiger charge is -2.25. The van der Waals surface area contributed by atoms with Crippen molar-refractivity contribution in [2.24, 2.45) is 0 Å². The van der Waals surface area contributed by atoms with Crippen LogP contribution in [0.25, 0.3) is 0 Å². The average Bonchev–Trinajstić information content (AvgIpc) is 3.08. The van der Waals surface area contributed by atoms with Crippen molar-refractivity contribution in [1.82, 2.24) is 0 Å². The van der Waals surface area contributed by atoms with E-state index in [2.05, 4.69) is 4.72 Å². The van der Waals surface area contributed by atoms with Crippen LogP contribution in [0.3, 0.4) is 0 Å². The van der Waals surface area contributed by atoms with Crippen LogP contribution >= 0.6 is 11.8 Å². The van der Waals surface area contributed by atoms with Crippen LogP contribution in [0.5, 0.6) is 0 Å². The van der Waals surface area contributed by atoms with E-state index in [0.29, 0.717) is 16.3 Å². The Labute approximate surface area is 193 Å². The topological polar surface area (TPSA) is 66.5 Å². The van der Waals surface area contributed by atoms with Crippen molar-refractivity contribution in [3.8, 4) is 0 Å². The van der Waals surface area contributed by atoms with Gasteiger partial charge < -0.3 is 0 Å². The Bertz CT molecular complexity index is 1260. The maximum atomic E-state index is 13.0. The highest BCUT2D eigenvalue weighted by atomic mass is 32.2. The largest absolute Gasteiger partial charge is 0.295 e. The third kappa shape index (κ3) is 4.40. The molecule has 0 radical (unpaired) electrons. The molecule has 32 heavy (non-hydrogen) atoms. The quantitative estimate of drug-likeness (QED) is 0.539. The van der Waals surface area contributed by atoms with E-state index in [9.17, 15) is 13.2 Å². The van der Waals surface area contributed by atoms with E-state index in [1.165, 1.54) is 0 Å². The molecule has 0 aliphatic carbocycles. The number of benzene rings is 3. The smallest absolute Gasteiger partial charge is 0.262 e. The molecule has 1 amide bonds. The van der Waals surface area contributed by atoms with Crippen LogP contribution in [0.1, 0.15) is 33.2 Å². The molecule has 1 heterocycles. The second-order valence-electron chi connectivity index (χ2n) is 8.22. The lowest BCUT2D eigenvalue weighted by Crippen LogP contribution is -2.27. The number of thioether (sulfide) groups is 1. The second kappa shape index (κ2) is 8.64. The summed E-state index contributed by atoms with van der Waals surface area (Å²) in [6, 6.07) is 18.9. The van der Waals surface area contributed by atoms with E-state index in [4.69, 9.17) is 0 Å². The number of nitrogens with zero attached hydrogens (tertiary/aromatic N) is 1. The van der Waals surface area contributed by atoms with Gasteiger partial charge in [-0.05, 0) is 74.2 Å². The first-order chi connectivity index (χ1) is 15.2. The molecule has 0 aromatic heterocycles. The van der Waals surface area contributed by atoms with Crippen LogP contribution < -0.4 is 9.62 Å². The monoisotopic (exact) mass is 466 g/mol. The van der Waals surface area contributed by atoms with Crippen LogP contribution in [0.2, 0.25) is 0 Å². The molecule has 0 spiro atoms. The first kappa shape index (κ1) is 22.4. The fraction of sp³-hybridized carbons (Fsp3) is 0.240. The van der Waals surface area contributed by atoms with Gasteiger partial charge in [0.15, 0.2) is 0 Å². The van der Waals surface area contributed by atoms with E-state index in [1.54, 1.807) is 23.9 Å². The number of sulfonamides is 1. The van der Waals surface area contributed by atoms with Crippen LogP contribution in [-0.4, -0.2) is 20.1 Å². The van der Waals surface area contributed by atoms with Crippen LogP contribution in [0.15, 0.2) is 65.6 Å². The van der Waals surface area contributed by atoms with Crippen molar-refractivity contribution in [2.45, 2.75) is 38.0 Å². The highest BCUT2D eigenvalue weighted by Crippen LogP contribution is 2.42. The predicted octanol–water partition coefficient (Wildman–Crippen LogP) is 5.50. The molecular formula is C25H26N2O3S2. The molecule has 1 fully saturated rings. The summed E-state index contributed by atoms with van der Waals surface area (Å²) in [5, 5.41) is -0.142. The summed E-state index contributed by atoms with van der Waals surface area (Å²) in [6.45, 7) is 7.58. The molecule has 0 bridgehead atoms. The van der Waals surface area contributed by atoms with Crippen molar-refractivity contribution >= 4 is 39.1 Å². The van der Waals surface area contributed by atoms with Crippen molar-refractivity contribution < 1.29 is 13.2 Å². The number of carbonyl (C=O) groups excluding carboxylic acids is 1. The molecule has 1 saturated heterocycles. The Hall–Kier alpha value is -2.77. The van der Waals surface area contributed by atoms with Crippen LogP contribution in [0, 0.1) is 27.7 Å². The minimum Gasteiger partial charge on any atom is -0.295 e. The van der Waals surface area contributed by atoms with Crippen molar-refractivity contribution in [3.63, 3.8) is 0 Å². The van der Waals surface area contributed by atoms with Crippen LogP contribution in [-0.2, 0) is 14.8 Å². The Morgan fingerprint density at radius 1 is 0.906 bits per heavy atom. The van der Waals surface area contributed by atoms with Crippen molar-refractivity contribution in [2.75, 3.05) is 15.4 Å². The van der Waals surface area contributed by atoms with E-state index in [0.717, 1.165) is 33.5 Å². The minimum atomic E-state index is -3.71. The Morgan fingerprint density at radius 3 is 2.19 bits per heavy atom. The van der Waals surface area contributed by atoms with Crippen LogP contribution in [0.4, 0.5) is 11.4 Å². The summed E-state index contributed by atoms with van der Waals surface area (Å²) in [4.78, 5) is 14.7. The van der Waals surface area contributed by atoms with Gasteiger partial charge >= 0.3 is 0 Å². The van der Waals surface area contributed by atoms with E-state index < -0.39 is 10.0 Å². The summed E-state index contributed by atoms with van der Waals surface area (Å²) >= 11 is 1.57. The highest BCUT2D eigenvalue weighted by molar-refractivity contribution is 8.00. The number of rotatable bonds is 5. The second-order valence-corrected chi connectivity index (χ2v) is 10.9. The molecular weight excluding hydrogens is 440 g/mol. The molecule has 7 heteroatoms. The lowest BCUT2D eigenvalue weighted by molar-refractivity contribution is -0.115. The van der Waals surface area contributed by atoms with Gasteiger partial charge in [0, 0.05) is 11.4 Å². The predicted molar refractivity (Wildman–Crippen MR) is 132 cm³/mol. The van der Waals surface area contributed by atoms with Gasteiger partial charge in [-0.25, -0.2) is 8.42 Å². The van der Waals surface area contributed by atoms with Gasteiger partial charge in [-0.1, -0.05) is 42.0 Å². The molecule has 4 rings (SSSR count). The summed E-state index contributed by atoms with van der Waals surface area (Å²) in [5.74, 6) is 0.486. The molecule has 1 aliphatic rings. The Balaban J connectivity index is 1.59. The van der Waals surface area contributed by atoms with Crippen molar-refractivity contribution in [3.05, 3.63) is 88.5 Å². The van der Waals surface area contributed by atoms with Gasteiger partial charge in [-0.3, -0.25) is 14.4 Å². The molecule has 1 atom stereocenters. The third-order valence-corrected chi connectivity index (χ3v) is 8.37. The van der Waals surface area contributed by atoms with Crippen molar-refractivity contribution in [1.29, 1.82) is 0 Å². The third-order valence-electron chi connectivity index (χ3n) is 5.47. The first-order valence-corrected chi connectivity index (χ1v) is 12.9. The summed E-state index contributed by atoms with van der Waals surface area (Å²) in [5.41, 5.74) is 5.89. The van der Waals surface area contributed by atoms with Gasteiger partial charge in [0.25, 0.3) is 10.0 Å². The molecule has 3 aromatic rings. The molecule has 1 unspecified atom stereocenters. The normalized spacial score (nSPS) is 16.4. The van der Waals surface area contributed by atoms with Gasteiger partial charge in [0.1, 0.15) is 5.37 Å². The Kier molecular flexibility index (Phi) is 6.05. The fourth-order valence-electron chi connectivity index (χ4n) is 4.24. The molecule has 3 aromatic carbocycles. The van der Waals surface area contributed by atoms with E-state index in [-0.39, 0.29) is 11.3 Å². The molecule has 5 nitrogen and oxygen atoms in total. The molecule has 1 aliphatic heterocycles. The summed E-state index contributed by atoms with van der Waals surface area (Å²) in [7, 11) is -3.71. The zero-order valence-electron chi connectivity index (χ0n) is 18.5. The van der Waals surface area contributed by atoms with E-state index in [1.807, 2.05) is 81.1 Å². The standard InChI is InChI=1S/C25H26N2O3S2/c1-16-6-5-7-22(14-16)27-23(28)15-31-25(27)20-8-10-21(11-9-20)26-32(29,30)24-18(3)12-17(2)13-19(24)4/h5-14,25-26H,15H2,1-4H3. The average molecular weight is 467 g/mol. The van der Waals surface area contributed by atoms with E-state index >= 15 is 0 Å². The van der Waals surface area contributed by atoms with Gasteiger partial charge in [0.05, 0.1) is 10.6 Å². The first-order valence-electron chi connectivity index (χ1n) is 10.4. The SMILES string of the molecule is Cc1cccc(N2C(=O)CSC2c2ccc(NS(=O)(=O)c3c(C)cc(C)cc3C)cc2)c1. The number of hydrogen-bond donors (Lipinski definition) is 1. The van der Waals surface area contributed by atoms with Gasteiger partial charge in [0.2, 0.25) is 5.91 Å². The molecule has 0 saturated carbocycles. The number of hydrogen-bond acceptors (Lipinski definition) is 4. The lowest BCUT2D eigenvalue weighted by atomic mass is 10.1. The fourth-order valence-corrected chi connectivity index (χ4v) is 6.93. The zero-order valence-corrected chi connectivity index (χ0v) is 20.2. The Morgan fingerprint density at radius 2 is 1.56 bits per heavy atom. The molecule has 1 N–H and O–H groups in total. The summed E-state index contributed by atoms with van der Waals surface area (Å²) < 4.78 is 28.8. The van der Waals surface area contributed by atoms with Gasteiger partial charge in [-0.15, -0.1) is 11.8 Å². The number of anilines is 2. The number of nitrogens with one attached hydrogen (secondary N) is 1. The maximum absolute atomic E-state index is 13.0. The zero-order chi connectivity index (χ0) is 23.0.